The van der Waals surface area contributed by atoms with Gasteiger partial charge in [0.05, 0.1) is 11.3 Å². The van der Waals surface area contributed by atoms with Crippen LogP contribution in [-0.2, 0) is 25.7 Å². The number of anilines is 1. The van der Waals surface area contributed by atoms with E-state index in [-0.39, 0.29) is 11.2 Å². The zero-order valence-corrected chi connectivity index (χ0v) is 23.4. The number of alkyl halides is 3. The Labute approximate surface area is 231 Å². The van der Waals surface area contributed by atoms with E-state index in [1.807, 2.05) is 19.1 Å². The predicted molar refractivity (Wildman–Crippen MR) is 152 cm³/mol. The first-order valence-corrected chi connectivity index (χ1v) is 13.5. The highest BCUT2D eigenvalue weighted by Gasteiger charge is 2.30. The molecule has 0 bridgehead atoms. The Balaban J connectivity index is 1.67. The molecule has 3 aromatic carbocycles. The molecule has 0 aliphatic heterocycles. The topological polar surface area (TPSA) is 16.1 Å². The highest BCUT2D eigenvalue weighted by atomic mass is 32.1. The Kier molecular flexibility index (Phi) is 8.31. The van der Waals surface area contributed by atoms with Crippen LogP contribution in [0.2, 0.25) is 0 Å². The first-order valence-electron chi connectivity index (χ1n) is 12.7. The second kappa shape index (κ2) is 11.3. The van der Waals surface area contributed by atoms with Gasteiger partial charge in [-0.15, -0.1) is 6.58 Å². The fraction of sp³-hybridized carbons (Fsp3) is 0.281. The molecule has 0 atom stereocenters. The SMILES string of the molecule is C=CC(C)(C)Cc1ccc(CN(Cc2ccccc2F)c2sc(-c3ccc(C(F)(F)F)cc3)nc2C)cc1C. The first-order chi connectivity index (χ1) is 18.4. The van der Waals surface area contributed by atoms with Gasteiger partial charge in [-0.25, -0.2) is 9.37 Å². The molecule has 4 rings (SSSR count). The molecule has 1 heterocycles. The summed E-state index contributed by atoms with van der Waals surface area (Å²) in [6.45, 7) is 13.1. The molecule has 0 spiro atoms. The number of hydrogen-bond acceptors (Lipinski definition) is 3. The summed E-state index contributed by atoms with van der Waals surface area (Å²) in [5.41, 5.74) is 4.71. The van der Waals surface area contributed by atoms with Crippen LogP contribution in [0.25, 0.3) is 10.6 Å². The summed E-state index contributed by atoms with van der Waals surface area (Å²) in [7, 11) is 0. The zero-order valence-electron chi connectivity index (χ0n) is 22.6. The summed E-state index contributed by atoms with van der Waals surface area (Å²) in [6, 6.07) is 18.1. The number of benzene rings is 3. The summed E-state index contributed by atoms with van der Waals surface area (Å²) in [5.74, 6) is -0.286. The smallest absolute Gasteiger partial charge is 0.353 e. The number of aryl methyl sites for hydroxylation is 2. The molecular formula is C32H32F4N2S. The average molecular weight is 553 g/mol. The lowest BCUT2D eigenvalue weighted by atomic mass is 9.84. The van der Waals surface area contributed by atoms with Crippen molar-refractivity contribution in [3.63, 3.8) is 0 Å². The minimum absolute atomic E-state index is 0.0163. The van der Waals surface area contributed by atoms with Crippen molar-refractivity contribution >= 4 is 16.3 Å². The maximum absolute atomic E-state index is 14.7. The van der Waals surface area contributed by atoms with Crippen LogP contribution in [0.5, 0.6) is 0 Å². The number of allylic oxidation sites excluding steroid dienone is 1. The molecule has 39 heavy (non-hydrogen) atoms. The summed E-state index contributed by atoms with van der Waals surface area (Å²) < 4.78 is 53.8. The Bertz CT molecular complexity index is 1450. The number of nitrogens with zero attached hydrogens (tertiary/aromatic N) is 2. The minimum atomic E-state index is -4.39. The van der Waals surface area contributed by atoms with Crippen LogP contribution < -0.4 is 4.90 Å². The minimum Gasteiger partial charge on any atom is -0.353 e. The van der Waals surface area contributed by atoms with Crippen molar-refractivity contribution in [2.45, 2.75) is 53.4 Å². The van der Waals surface area contributed by atoms with E-state index in [1.165, 1.54) is 40.7 Å². The molecule has 0 aliphatic carbocycles. The molecule has 0 fully saturated rings. The van der Waals surface area contributed by atoms with E-state index in [4.69, 9.17) is 0 Å². The van der Waals surface area contributed by atoms with Crippen molar-refractivity contribution in [3.05, 3.63) is 119 Å². The van der Waals surface area contributed by atoms with Gasteiger partial charge in [-0.05, 0) is 60.6 Å². The van der Waals surface area contributed by atoms with Gasteiger partial charge in [-0.3, -0.25) is 0 Å². The van der Waals surface area contributed by atoms with Gasteiger partial charge in [0.25, 0.3) is 0 Å². The molecule has 2 nitrogen and oxygen atoms in total. The van der Waals surface area contributed by atoms with Crippen LogP contribution >= 0.6 is 11.3 Å². The number of halogens is 4. The van der Waals surface area contributed by atoms with E-state index >= 15 is 0 Å². The summed E-state index contributed by atoms with van der Waals surface area (Å²) in [4.78, 5) is 6.76. The third-order valence-electron chi connectivity index (χ3n) is 6.82. The van der Waals surface area contributed by atoms with Crippen molar-refractivity contribution in [1.29, 1.82) is 0 Å². The highest BCUT2D eigenvalue weighted by Crippen LogP contribution is 2.38. The lowest BCUT2D eigenvalue weighted by molar-refractivity contribution is -0.137. The van der Waals surface area contributed by atoms with E-state index in [9.17, 15) is 17.6 Å². The van der Waals surface area contributed by atoms with Crippen LogP contribution in [0.4, 0.5) is 22.6 Å². The van der Waals surface area contributed by atoms with Gasteiger partial charge < -0.3 is 4.90 Å². The molecule has 0 saturated carbocycles. The van der Waals surface area contributed by atoms with Crippen molar-refractivity contribution in [2.75, 3.05) is 4.90 Å². The third-order valence-corrected chi connectivity index (χ3v) is 8.08. The number of hydrogen-bond donors (Lipinski definition) is 0. The lowest BCUT2D eigenvalue weighted by Crippen LogP contribution is -2.23. The number of rotatable bonds is 9. The van der Waals surface area contributed by atoms with Gasteiger partial charge in [-0.1, -0.05) is 79.8 Å². The first kappa shape index (κ1) is 28.6. The molecule has 0 radical (unpaired) electrons. The van der Waals surface area contributed by atoms with Crippen LogP contribution in [0.1, 0.15) is 47.4 Å². The Morgan fingerprint density at radius 2 is 1.62 bits per heavy atom. The zero-order chi connectivity index (χ0) is 28.4. The van der Waals surface area contributed by atoms with Crippen molar-refractivity contribution in [1.82, 2.24) is 4.98 Å². The maximum Gasteiger partial charge on any atom is 0.416 e. The summed E-state index contributed by atoms with van der Waals surface area (Å²) in [5, 5.41) is 1.47. The average Bonchev–Trinajstić information content (AvgIpc) is 3.27. The molecule has 0 unspecified atom stereocenters. The maximum atomic E-state index is 14.7. The molecule has 0 saturated heterocycles. The van der Waals surface area contributed by atoms with Crippen LogP contribution in [-0.4, -0.2) is 4.98 Å². The van der Waals surface area contributed by atoms with Gasteiger partial charge in [0.15, 0.2) is 0 Å². The molecular weight excluding hydrogens is 520 g/mol. The van der Waals surface area contributed by atoms with Gasteiger partial charge in [0, 0.05) is 24.2 Å². The fourth-order valence-electron chi connectivity index (χ4n) is 4.48. The second-order valence-corrected chi connectivity index (χ2v) is 11.5. The Morgan fingerprint density at radius 1 is 0.923 bits per heavy atom. The standard InChI is InChI=1S/C32H32F4N2S/c1-6-31(4,5)18-25-12-11-23(17-21(25)2)19-38(20-26-9-7-8-10-28(26)33)30-22(3)37-29(39-30)24-13-15-27(16-14-24)32(34,35)36/h6-17H,1,18-20H2,2-5H3. The molecule has 204 valence electrons. The largest absolute Gasteiger partial charge is 0.416 e. The molecule has 0 aliphatic rings. The number of thiazole rings is 1. The van der Waals surface area contributed by atoms with Gasteiger partial charge in [0.2, 0.25) is 0 Å². The molecule has 0 N–H and O–H groups in total. The predicted octanol–water partition coefficient (Wildman–Crippen LogP) is 9.55. The summed E-state index contributed by atoms with van der Waals surface area (Å²) >= 11 is 1.40. The van der Waals surface area contributed by atoms with Crippen molar-refractivity contribution < 1.29 is 17.6 Å². The Morgan fingerprint density at radius 3 is 2.23 bits per heavy atom. The van der Waals surface area contributed by atoms with E-state index in [1.54, 1.807) is 12.1 Å². The normalized spacial score (nSPS) is 12.0. The van der Waals surface area contributed by atoms with Gasteiger partial charge in [0.1, 0.15) is 15.8 Å². The van der Waals surface area contributed by atoms with Crippen LogP contribution in [0.15, 0.2) is 79.4 Å². The quantitative estimate of drug-likeness (QED) is 0.152. The summed E-state index contributed by atoms with van der Waals surface area (Å²) in [6.07, 6.45) is -1.54. The third kappa shape index (κ3) is 6.95. The van der Waals surface area contributed by atoms with E-state index in [2.05, 4.69) is 55.4 Å². The van der Waals surface area contributed by atoms with Gasteiger partial charge in [-0.2, -0.15) is 13.2 Å². The fourth-order valence-corrected chi connectivity index (χ4v) is 5.55. The van der Waals surface area contributed by atoms with Crippen molar-refractivity contribution in [2.24, 2.45) is 5.41 Å². The molecule has 1 aromatic heterocycles. The van der Waals surface area contributed by atoms with E-state index in [0.717, 1.165) is 34.8 Å². The van der Waals surface area contributed by atoms with E-state index < -0.39 is 11.7 Å². The molecule has 4 aromatic rings. The highest BCUT2D eigenvalue weighted by molar-refractivity contribution is 7.19. The number of aromatic nitrogens is 1. The monoisotopic (exact) mass is 552 g/mol. The molecule has 0 amide bonds. The van der Waals surface area contributed by atoms with Crippen molar-refractivity contribution in [3.8, 4) is 10.6 Å². The molecule has 7 heteroatoms. The van der Waals surface area contributed by atoms with Crippen LogP contribution in [0.3, 0.4) is 0 Å². The van der Waals surface area contributed by atoms with Crippen LogP contribution in [0, 0.1) is 25.1 Å². The van der Waals surface area contributed by atoms with E-state index in [0.29, 0.717) is 29.2 Å². The lowest BCUT2D eigenvalue weighted by Gasteiger charge is -2.25. The second-order valence-electron chi connectivity index (χ2n) is 10.6. The van der Waals surface area contributed by atoms with Gasteiger partial charge >= 0.3 is 6.18 Å². The Hall–Kier alpha value is -3.45.